The maximum Gasteiger partial charge on any atom is 0.490 e. The minimum absolute atomic E-state index is 0.127. The molecule has 0 unspecified atom stereocenters. The quantitative estimate of drug-likeness (QED) is 0.484. The van der Waals surface area contributed by atoms with Gasteiger partial charge in [-0.25, -0.2) is 5.43 Å². The molecule has 0 saturated heterocycles. The lowest BCUT2D eigenvalue weighted by Gasteiger charge is -2.03. The molecule has 3 rings (SSSR count). The van der Waals surface area contributed by atoms with Gasteiger partial charge in [-0.15, -0.1) is 0 Å². The number of nitrogens with one attached hydrogen (secondary N) is 1. The summed E-state index contributed by atoms with van der Waals surface area (Å²) in [4.78, 5) is 25.4. The molecule has 1 aromatic heterocycles. The Labute approximate surface area is 135 Å². The van der Waals surface area contributed by atoms with Crippen LogP contribution in [0.4, 0.5) is 5.95 Å². The highest BCUT2D eigenvalue weighted by molar-refractivity contribution is 5.95. The molecule has 1 aliphatic rings. The zero-order chi connectivity index (χ0) is 17.1. The van der Waals surface area contributed by atoms with E-state index in [2.05, 4.69) is 20.6 Å². The third kappa shape index (κ3) is 3.29. The van der Waals surface area contributed by atoms with E-state index in [9.17, 15) is 14.9 Å². The fourth-order valence-electron chi connectivity index (χ4n) is 1.96. The highest BCUT2D eigenvalue weighted by Gasteiger charge is 2.16. The average Bonchev–Trinajstić information content (AvgIpc) is 3.20. The summed E-state index contributed by atoms with van der Waals surface area (Å²) in [7, 11) is 0. The Kier molecular flexibility index (Phi) is 4.05. The van der Waals surface area contributed by atoms with Gasteiger partial charge in [0, 0.05) is 10.7 Å². The van der Waals surface area contributed by atoms with Gasteiger partial charge in [0.05, 0.1) is 12.3 Å². The van der Waals surface area contributed by atoms with Gasteiger partial charge in [0.2, 0.25) is 13.1 Å². The number of carbonyl (C=O) groups is 1. The standard InChI is InChI=1S/C13H12N6O5/c1-8(5-18-6-14-13(17-18)19(21)22)15-16-12(20)9-2-3-10-11(4-9)24-7-23-10/h2-4,6H,5,7H2,1H3,(H,16,20). The largest absolute Gasteiger partial charge is 0.490 e. The van der Waals surface area contributed by atoms with Crippen LogP contribution in [0.2, 0.25) is 0 Å². The number of carbonyl (C=O) groups excluding carboxylic acids is 1. The Balaban J connectivity index is 1.61. The Morgan fingerprint density at radius 3 is 3.00 bits per heavy atom. The average molecular weight is 332 g/mol. The first-order chi connectivity index (χ1) is 11.5. The highest BCUT2D eigenvalue weighted by atomic mass is 16.7. The second-order valence-corrected chi connectivity index (χ2v) is 4.86. The van der Waals surface area contributed by atoms with E-state index in [1.165, 1.54) is 11.0 Å². The number of benzene rings is 1. The number of amides is 1. The van der Waals surface area contributed by atoms with Crippen molar-refractivity contribution >= 4 is 17.6 Å². The maximum absolute atomic E-state index is 12.1. The topological polar surface area (TPSA) is 134 Å². The van der Waals surface area contributed by atoms with Gasteiger partial charge in [-0.1, -0.05) is 4.98 Å². The monoisotopic (exact) mass is 332 g/mol. The van der Waals surface area contributed by atoms with Crippen molar-refractivity contribution in [2.24, 2.45) is 5.10 Å². The van der Waals surface area contributed by atoms with E-state index < -0.39 is 16.8 Å². The first-order valence-corrected chi connectivity index (χ1v) is 6.80. The van der Waals surface area contributed by atoms with Gasteiger partial charge in [-0.05, 0) is 30.0 Å². The Hall–Kier alpha value is -3.50. The molecule has 1 aromatic carbocycles. The molecule has 0 fully saturated rings. The lowest BCUT2D eigenvalue weighted by Crippen LogP contribution is -2.20. The fourth-order valence-corrected chi connectivity index (χ4v) is 1.96. The first-order valence-electron chi connectivity index (χ1n) is 6.80. The molecule has 2 aromatic rings. The first kappa shape index (κ1) is 15.4. The predicted octanol–water partition coefficient (Wildman–Crippen LogP) is 0.721. The molecule has 1 aliphatic heterocycles. The van der Waals surface area contributed by atoms with E-state index in [0.29, 0.717) is 22.8 Å². The zero-order valence-corrected chi connectivity index (χ0v) is 12.5. The fraction of sp³-hybridized carbons (Fsp3) is 0.231. The van der Waals surface area contributed by atoms with Crippen LogP contribution < -0.4 is 14.9 Å². The molecule has 0 aliphatic carbocycles. The number of hydrogen-bond acceptors (Lipinski definition) is 8. The summed E-state index contributed by atoms with van der Waals surface area (Å²) in [5.74, 6) is 0.168. The molecule has 0 bridgehead atoms. The van der Waals surface area contributed by atoms with Crippen molar-refractivity contribution in [2.75, 3.05) is 6.79 Å². The van der Waals surface area contributed by atoms with Crippen molar-refractivity contribution < 1.29 is 19.2 Å². The molecule has 0 saturated carbocycles. The van der Waals surface area contributed by atoms with E-state index in [1.54, 1.807) is 25.1 Å². The molecule has 0 atom stereocenters. The second kappa shape index (κ2) is 6.32. The van der Waals surface area contributed by atoms with Crippen LogP contribution in [-0.4, -0.2) is 38.1 Å². The summed E-state index contributed by atoms with van der Waals surface area (Å²) in [6.45, 7) is 1.93. The van der Waals surface area contributed by atoms with Crippen molar-refractivity contribution in [1.29, 1.82) is 0 Å². The number of fused-ring (bicyclic) bond motifs is 1. The van der Waals surface area contributed by atoms with E-state index in [-0.39, 0.29) is 13.3 Å². The van der Waals surface area contributed by atoms with Crippen LogP contribution in [0.3, 0.4) is 0 Å². The lowest BCUT2D eigenvalue weighted by molar-refractivity contribution is -0.394. The Morgan fingerprint density at radius 1 is 1.46 bits per heavy atom. The van der Waals surface area contributed by atoms with Gasteiger partial charge >= 0.3 is 5.95 Å². The van der Waals surface area contributed by atoms with Crippen LogP contribution in [0.25, 0.3) is 0 Å². The molecule has 124 valence electrons. The number of aromatic nitrogens is 3. The molecular formula is C13H12N6O5. The van der Waals surface area contributed by atoms with Gasteiger partial charge < -0.3 is 19.6 Å². The van der Waals surface area contributed by atoms with Crippen LogP contribution in [0.1, 0.15) is 17.3 Å². The number of hydrazone groups is 1. The number of ether oxygens (including phenoxy) is 2. The summed E-state index contributed by atoms with van der Waals surface area (Å²) in [6, 6.07) is 4.79. The summed E-state index contributed by atoms with van der Waals surface area (Å²) in [5.41, 5.74) is 3.25. The molecule has 1 amide bonds. The molecule has 11 nitrogen and oxygen atoms in total. The molecule has 0 spiro atoms. The van der Waals surface area contributed by atoms with Crippen molar-refractivity contribution in [3.63, 3.8) is 0 Å². The Bertz CT molecular complexity index is 830. The summed E-state index contributed by atoms with van der Waals surface area (Å²) in [6.07, 6.45) is 1.22. The van der Waals surface area contributed by atoms with Crippen LogP contribution in [0.5, 0.6) is 11.5 Å². The minimum atomic E-state index is -0.690. The molecular weight excluding hydrogens is 320 g/mol. The number of nitrogens with zero attached hydrogens (tertiary/aromatic N) is 5. The molecule has 24 heavy (non-hydrogen) atoms. The van der Waals surface area contributed by atoms with Gasteiger partial charge in [0.25, 0.3) is 5.91 Å². The van der Waals surface area contributed by atoms with E-state index in [0.717, 1.165) is 0 Å². The molecule has 2 heterocycles. The molecule has 1 N–H and O–H groups in total. The zero-order valence-electron chi connectivity index (χ0n) is 12.5. The minimum Gasteiger partial charge on any atom is -0.454 e. The van der Waals surface area contributed by atoms with Crippen molar-refractivity contribution in [1.82, 2.24) is 20.2 Å². The normalized spacial score (nSPS) is 13.0. The maximum atomic E-state index is 12.1. The van der Waals surface area contributed by atoms with Gasteiger partial charge in [0.1, 0.15) is 0 Å². The molecule has 0 radical (unpaired) electrons. The van der Waals surface area contributed by atoms with Gasteiger partial charge in [0.15, 0.2) is 11.5 Å². The van der Waals surface area contributed by atoms with Gasteiger partial charge in [-0.2, -0.15) is 9.78 Å². The smallest absolute Gasteiger partial charge is 0.454 e. The highest BCUT2D eigenvalue weighted by Crippen LogP contribution is 2.32. The van der Waals surface area contributed by atoms with E-state index in [1.807, 2.05) is 0 Å². The Morgan fingerprint density at radius 2 is 2.25 bits per heavy atom. The summed E-state index contributed by atoms with van der Waals surface area (Å²) < 4.78 is 11.6. The van der Waals surface area contributed by atoms with Crippen LogP contribution >= 0.6 is 0 Å². The number of rotatable bonds is 5. The van der Waals surface area contributed by atoms with Crippen molar-refractivity contribution in [2.45, 2.75) is 13.5 Å². The number of nitro groups is 1. The van der Waals surface area contributed by atoms with Crippen LogP contribution in [0.15, 0.2) is 29.6 Å². The third-order valence-electron chi connectivity index (χ3n) is 3.06. The SMILES string of the molecule is CC(Cn1cnc([N+](=O)[O-])n1)=NNC(=O)c1ccc2c(c1)OCO2. The number of hydrogen-bond donors (Lipinski definition) is 1. The van der Waals surface area contributed by atoms with E-state index >= 15 is 0 Å². The summed E-state index contributed by atoms with van der Waals surface area (Å²) in [5, 5.41) is 18.1. The van der Waals surface area contributed by atoms with Gasteiger partial charge in [-0.3, -0.25) is 4.79 Å². The summed E-state index contributed by atoms with van der Waals surface area (Å²) >= 11 is 0. The van der Waals surface area contributed by atoms with E-state index in [4.69, 9.17) is 9.47 Å². The third-order valence-corrected chi connectivity index (χ3v) is 3.06. The van der Waals surface area contributed by atoms with Crippen molar-refractivity contribution in [3.05, 3.63) is 40.2 Å². The molecule has 11 heteroatoms. The predicted molar refractivity (Wildman–Crippen MR) is 79.8 cm³/mol. The van der Waals surface area contributed by atoms with Crippen LogP contribution in [0, 0.1) is 10.1 Å². The van der Waals surface area contributed by atoms with Crippen molar-refractivity contribution in [3.8, 4) is 11.5 Å². The van der Waals surface area contributed by atoms with Crippen LogP contribution in [-0.2, 0) is 6.54 Å². The second-order valence-electron chi connectivity index (χ2n) is 4.86. The lowest BCUT2D eigenvalue weighted by atomic mass is 10.2.